The van der Waals surface area contributed by atoms with E-state index in [4.69, 9.17) is 11.5 Å². The van der Waals surface area contributed by atoms with Crippen LogP contribution in [0.4, 0.5) is 24.5 Å². The van der Waals surface area contributed by atoms with E-state index in [1.807, 2.05) is 18.7 Å². The van der Waals surface area contributed by atoms with Crippen LogP contribution in [0.3, 0.4) is 0 Å². The van der Waals surface area contributed by atoms with Crippen molar-refractivity contribution in [3.8, 4) is 0 Å². The van der Waals surface area contributed by atoms with Crippen LogP contribution in [0.5, 0.6) is 0 Å². The lowest BCUT2D eigenvalue weighted by molar-refractivity contribution is -0.137. The predicted molar refractivity (Wildman–Crippen MR) is 107 cm³/mol. The number of anilines is 2. The Morgan fingerprint density at radius 2 is 1.75 bits per heavy atom. The molecule has 3 rings (SSSR count). The van der Waals surface area contributed by atoms with Crippen LogP contribution in [0.25, 0.3) is 0 Å². The average Bonchev–Trinajstić information content (AvgIpc) is 2.62. The van der Waals surface area contributed by atoms with Gasteiger partial charge in [0.15, 0.2) is 0 Å². The number of alkyl halides is 3. The van der Waals surface area contributed by atoms with Crippen LogP contribution in [0.1, 0.15) is 51.5 Å². The molecule has 1 saturated carbocycles. The van der Waals surface area contributed by atoms with Crippen molar-refractivity contribution < 1.29 is 13.2 Å². The van der Waals surface area contributed by atoms with Crippen LogP contribution in [0.2, 0.25) is 0 Å². The molecule has 9 heteroatoms. The highest BCUT2D eigenvalue weighted by Crippen LogP contribution is 2.44. The Labute approximate surface area is 163 Å². The normalized spacial score (nSPS) is 19.4. The summed E-state index contributed by atoms with van der Waals surface area (Å²) in [7, 11) is 0. The van der Waals surface area contributed by atoms with Gasteiger partial charge in [0.05, 0.1) is 16.9 Å². The van der Waals surface area contributed by atoms with E-state index in [2.05, 4.69) is 9.98 Å². The van der Waals surface area contributed by atoms with Crippen molar-refractivity contribution in [2.75, 3.05) is 22.9 Å². The zero-order chi connectivity index (χ0) is 20.5. The molecule has 28 heavy (non-hydrogen) atoms. The molecule has 0 bridgehead atoms. The molecular formula is C19H27F3N6. The molecule has 1 aromatic rings. The van der Waals surface area contributed by atoms with Gasteiger partial charge in [0.1, 0.15) is 5.66 Å². The number of benzene rings is 1. The summed E-state index contributed by atoms with van der Waals surface area (Å²) in [6, 6.07) is 3.78. The first-order chi connectivity index (χ1) is 13.2. The topological polar surface area (TPSA) is 83.2 Å². The van der Waals surface area contributed by atoms with Crippen LogP contribution in [-0.2, 0) is 6.18 Å². The summed E-state index contributed by atoms with van der Waals surface area (Å²) < 4.78 is 40.5. The first-order valence-corrected chi connectivity index (χ1v) is 9.67. The van der Waals surface area contributed by atoms with Crippen LogP contribution < -0.4 is 21.3 Å². The van der Waals surface area contributed by atoms with Crippen molar-refractivity contribution in [2.24, 2.45) is 21.5 Å². The SMILES string of the molecule is CCN(CC)c1ccc(C(F)(F)F)cc1N1C(N)=NC(N)=NC12CCCCC2. The Hall–Kier alpha value is -2.45. The van der Waals surface area contributed by atoms with E-state index in [1.54, 1.807) is 4.90 Å². The molecule has 1 fully saturated rings. The number of nitrogens with two attached hydrogens (primary N) is 2. The van der Waals surface area contributed by atoms with E-state index >= 15 is 0 Å². The highest BCUT2D eigenvalue weighted by atomic mass is 19.4. The first-order valence-electron chi connectivity index (χ1n) is 9.67. The van der Waals surface area contributed by atoms with Gasteiger partial charge in [0.25, 0.3) is 0 Å². The highest BCUT2D eigenvalue weighted by molar-refractivity contribution is 6.07. The maximum absolute atomic E-state index is 13.5. The van der Waals surface area contributed by atoms with Gasteiger partial charge in [-0.15, -0.1) is 0 Å². The molecular weight excluding hydrogens is 369 g/mol. The molecule has 1 spiro atoms. The Morgan fingerprint density at radius 1 is 1.11 bits per heavy atom. The van der Waals surface area contributed by atoms with Crippen molar-refractivity contribution in [2.45, 2.75) is 57.8 Å². The summed E-state index contributed by atoms with van der Waals surface area (Å²) in [5.41, 5.74) is 11.7. The van der Waals surface area contributed by atoms with Crippen molar-refractivity contribution >= 4 is 23.3 Å². The van der Waals surface area contributed by atoms with E-state index in [9.17, 15) is 13.2 Å². The Balaban J connectivity index is 2.22. The number of aliphatic imine (C=N–C) groups is 2. The van der Waals surface area contributed by atoms with Crippen LogP contribution in [0.15, 0.2) is 28.2 Å². The maximum atomic E-state index is 13.5. The zero-order valence-corrected chi connectivity index (χ0v) is 16.3. The third-order valence-corrected chi connectivity index (χ3v) is 5.50. The Bertz CT molecular complexity index is 776. The fourth-order valence-electron chi connectivity index (χ4n) is 4.18. The number of hydrogen-bond acceptors (Lipinski definition) is 6. The van der Waals surface area contributed by atoms with E-state index in [0.717, 1.165) is 31.4 Å². The quantitative estimate of drug-likeness (QED) is 0.814. The van der Waals surface area contributed by atoms with Crippen molar-refractivity contribution in [1.82, 2.24) is 0 Å². The fraction of sp³-hybridized carbons (Fsp3) is 0.579. The largest absolute Gasteiger partial charge is 0.416 e. The lowest BCUT2D eigenvalue weighted by atomic mass is 9.87. The molecule has 6 nitrogen and oxygen atoms in total. The number of hydrogen-bond donors (Lipinski definition) is 2. The summed E-state index contributed by atoms with van der Waals surface area (Å²) in [6.07, 6.45) is -0.274. The molecule has 0 saturated heterocycles. The van der Waals surface area contributed by atoms with Gasteiger partial charge in [0, 0.05) is 13.1 Å². The first kappa shape index (κ1) is 20.3. The predicted octanol–water partition coefficient (Wildman–Crippen LogP) is 3.66. The van der Waals surface area contributed by atoms with Crippen LogP contribution >= 0.6 is 0 Å². The monoisotopic (exact) mass is 396 g/mol. The number of halogens is 3. The molecule has 1 heterocycles. The Kier molecular flexibility index (Phi) is 5.45. The number of guanidine groups is 2. The third kappa shape index (κ3) is 3.62. The number of nitrogens with zero attached hydrogens (tertiary/aromatic N) is 4. The summed E-state index contributed by atoms with van der Waals surface area (Å²) in [6.45, 7) is 5.23. The minimum absolute atomic E-state index is 0.0759. The van der Waals surface area contributed by atoms with E-state index in [1.165, 1.54) is 6.07 Å². The second-order valence-corrected chi connectivity index (χ2v) is 7.19. The van der Waals surface area contributed by atoms with Crippen LogP contribution in [0, 0.1) is 0 Å². The fourth-order valence-corrected chi connectivity index (χ4v) is 4.18. The lowest BCUT2D eigenvalue weighted by Crippen LogP contribution is -2.58. The van der Waals surface area contributed by atoms with Gasteiger partial charge < -0.3 is 16.4 Å². The van der Waals surface area contributed by atoms with Crippen molar-refractivity contribution in [1.29, 1.82) is 0 Å². The summed E-state index contributed by atoms with van der Waals surface area (Å²) in [5.74, 6) is 0.161. The molecule has 0 amide bonds. The summed E-state index contributed by atoms with van der Waals surface area (Å²) in [5, 5.41) is 0. The summed E-state index contributed by atoms with van der Waals surface area (Å²) in [4.78, 5) is 12.3. The van der Waals surface area contributed by atoms with Gasteiger partial charge in [0.2, 0.25) is 11.9 Å². The Morgan fingerprint density at radius 3 is 2.32 bits per heavy atom. The maximum Gasteiger partial charge on any atom is 0.416 e. The third-order valence-electron chi connectivity index (χ3n) is 5.50. The number of rotatable bonds is 4. The molecule has 1 aliphatic heterocycles. The molecule has 0 radical (unpaired) electrons. The summed E-state index contributed by atoms with van der Waals surface area (Å²) >= 11 is 0. The van der Waals surface area contributed by atoms with E-state index in [0.29, 0.717) is 37.3 Å². The molecule has 1 aliphatic carbocycles. The second kappa shape index (κ2) is 7.52. The standard InChI is InChI=1S/C19H27F3N6/c1-3-27(4-2)14-9-8-13(19(20,21)22)12-15(14)28-17(24)25-16(23)26-18(28)10-6-5-7-11-18/h8-9,12H,3-7,10-11H2,1-2H3,(H4,23,24,25,26). The minimum atomic E-state index is -4.46. The molecule has 0 unspecified atom stereocenters. The van der Waals surface area contributed by atoms with Gasteiger partial charge in [-0.2, -0.15) is 18.2 Å². The molecule has 154 valence electrons. The highest BCUT2D eigenvalue weighted by Gasteiger charge is 2.44. The second-order valence-electron chi connectivity index (χ2n) is 7.19. The van der Waals surface area contributed by atoms with E-state index < -0.39 is 17.4 Å². The molecule has 2 aliphatic rings. The van der Waals surface area contributed by atoms with Gasteiger partial charge in [-0.25, -0.2) is 4.99 Å². The molecule has 1 aromatic carbocycles. The van der Waals surface area contributed by atoms with Gasteiger partial charge in [-0.3, -0.25) is 4.90 Å². The molecule has 0 aromatic heterocycles. The van der Waals surface area contributed by atoms with Crippen molar-refractivity contribution in [3.63, 3.8) is 0 Å². The van der Waals surface area contributed by atoms with Crippen LogP contribution in [-0.4, -0.2) is 30.7 Å². The minimum Gasteiger partial charge on any atom is -0.370 e. The zero-order valence-electron chi connectivity index (χ0n) is 16.3. The van der Waals surface area contributed by atoms with Crippen molar-refractivity contribution in [3.05, 3.63) is 23.8 Å². The van der Waals surface area contributed by atoms with Gasteiger partial charge in [-0.1, -0.05) is 6.42 Å². The van der Waals surface area contributed by atoms with E-state index in [-0.39, 0.29) is 11.9 Å². The molecule has 0 atom stereocenters. The lowest BCUT2D eigenvalue weighted by Gasteiger charge is -2.46. The van der Waals surface area contributed by atoms with Gasteiger partial charge >= 0.3 is 6.18 Å². The molecule has 4 N–H and O–H groups in total. The smallest absolute Gasteiger partial charge is 0.370 e. The average molecular weight is 396 g/mol. The van der Waals surface area contributed by atoms with Gasteiger partial charge in [-0.05, 0) is 57.7 Å².